The first-order chi connectivity index (χ1) is 6.41. The van der Waals surface area contributed by atoms with Gasteiger partial charge in [-0.1, -0.05) is 0 Å². The molecule has 7 heteroatoms. The summed E-state index contributed by atoms with van der Waals surface area (Å²) in [5.41, 5.74) is 0. The van der Waals surface area contributed by atoms with E-state index in [0.717, 1.165) is 20.3 Å². The Balaban J connectivity index is 4.43. The molecule has 0 amide bonds. The van der Waals surface area contributed by atoms with Gasteiger partial charge in [-0.3, -0.25) is 4.79 Å². The lowest BCUT2D eigenvalue weighted by Gasteiger charge is -1.96. The molecule has 0 aromatic rings. The smallest absolute Gasteiger partial charge is 0.331 e. The third-order valence-electron chi connectivity index (χ3n) is 1.16. The monoisotopic (exact) mass is 222 g/mol. The number of carbonyl (C=O) groups excluding carboxylic acids is 2. The first-order valence-corrected chi connectivity index (χ1v) is 5.18. The molecule has 0 heterocycles. The molecular formula is C7H10O6S. The van der Waals surface area contributed by atoms with Crippen molar-refractivity contribution in [3.63, 3.8) is 0 Å². The van der Waals surface area contributed by atoms with Crippen molar-refractivity contribution in [2.75, 3.05) is 20.0 Å². The minimum Gasteiger partial charge on any atom is -0.468 e. The van der Waals surface area contributed by atoms with Crippen LogP contribution in [0.1, 0.15) is 0 Å². The summed E-state index contributed by atoms with van der Waals surface area (Å²) in [6.07, 6.45) is 0.721. The quantitative estimate of drug-likeness (QED) is 0.460. The maximum atomic E-state index is 11.0. The van der Waals surface area contributed by atoms with E-state index in [1.807, 2.05) is 0 Å². The molecule has 6 nitrogen and oxygen atoms in total. The normalized spacial score (nSPS) is 11.3. The van der Waals surface area contributed by atoms with Crippen LogP contribution in [0.15, 0.2) is 11.5 Å². The Bertz CT molecular complexity index is 339. The van der Waals surface area contributed by atoms with Crippen molar-refractivity contribution in [1.82, 2.24) is 0 Å². The fraction of sp³-hybridized carbons (Fsp3) is 0.429. The van der Waals surface area contributed by atoms with E-state index in [-0.39, 0.29) is 0 Å². The Labute approximate surface area is 81.4 Å². The van der Waals surface area contributed by atoms with Gasteiger partial charge in [0.25, 0.3) is 0 Å². The van der Waals surface area contributed by atoms with Gasteiger partial charge in [0.15, 0.2) is 15.6 Å². The predicted octanol–water partition coefficient (Wildman–Crippen LogP) is -0.739. The summed E-state index contributed by atoms with van der Waals surface area (Å²) in [7, 11) is -1.57. The second-order valence-electron chi connectivity index (χ2n) is 2.21. The van der Waals surface area contributed by atoms with Crippen molar-refractivity contribution in [3.05, 3.63) is 11.5 Å². The fourth-order valence-corrected chi connectivity index (χ4v) is 1.36. The molecule has 14 heavy (non-hydrogen) atoms. The minimum atomic E-state index is -3.75. The number of ether oxygens (including phenoxy) is 2. The summed E-state index contributed by atoms with van der Waals surface area (Å²) in [5.74, 6) is -2.49. The molecule has 80 valence electrons. The van der Waals surface area contributed by atoms with Crippen molar-refractivity contribution >= 4 is 21.8 Å². The van der Waals surface area contributed by atoms with Crippen LogP contribution in [0.2, 0.25) is 0 Å². The van der Waals surface area contributed by atoms with Gasteiger partial charge in [-0.25, -0.2) is 13.2 Å². The van der Waals surface area contributed by atoms with Gasteiger partial charge >= 0.3 is 11.9 Å². The highest BCUT2D eigenvalue weighted by Crippen LogP contribution is 1.94. The molecule has 0 aliphatic carbocycles. The van der Waals surface area contributed by atoms with Gasteiger partial charge in [0.05, 0.1) is 14.2 Å². The van der Waals surface area contributed by atoms with Crippen molar-refractivity contribution in [3.8, 4) is 0 Å². The van der Waals surface area contributed by atoms with Crippen LogP contribution in [-0.2, 0) is 28.9 Å². The number of hydrogen-bond donors (Lipinski definition) is 0. The Kier molecular flexibility index (Phi) is 4.85. The highest BCUT2D eigenvalue weighted by Gasteiger charge is 2.13. The van der Waals surface area contributed by atoms with E-state index in [9.17, 15) is 18.0 Å². The van der Waals surface area contributed by atoms with E-state index >= 15 is 0 Å². The second-order valence-corrected chi connectivity index (χ2v) is 4.10. The molecule has 0 aromatic heterocycles. The second kappa shape index (κ2) is 5.38. The lowest BCUT2D eigenvalue weighted by molar-refractivity contribution is -0.137. The summed E-state index contributed by atoms with van der Waals surface area (Å²) in [4.78, 5) is 21.1. The van der Waals surface area contributed by atoms with Gasteiger partial charge in [-0.2, -0.15) is 0 Å². The molecule has 0 saturated carbocycles. The standard InChI is InChI=1S/C7H10O6S/c1-12-6(8)3-4-14(10,11)5-7(9)13-2/h3-4H,5H2,1-2H3/b4-3+. The van der Waals surface area contributed by atoms with Crippen LogP contribution in [0.25, 0.3) is 0 Å². The Morgan fingerprint density at radius 1 is 1.21 bits per heavy atom. The zero-order valence-corrected chi connectivity index (χ0v) is 8.54. The van der Waals surface area contributed by atoms with Gasteiger partial charge < -0.3 is 9.47 Å². The minimum absolute atomic E-state index is 0.607. The Hall–Kier alpha value is -1.37. The fourth-order valence-electron chi connectivity index (χ4n) is 0.499. The molecule has 0 spiro atoms. The molecule has 0 aliphatic rings. The maximum Gasteiger partial charge on any atom is 0.331 e. The van der Waals surface area contributed by atoms with E-state index in [1.54, 1.807) is 0 Å². The molecule has 0 aliphatic heterocycles. The van der Waals surface area contributed by atoms with Crippen molar-refractivity contribution in [2.45, 2.75) is 0 Å². The predicted molar refractivity (Wildman–Crippen MR) is 47.0 cm³/mol. The summed E-state index contributed by atoms with van der Waals surface area (Å²) in [6, 6.07) is 0. The van der Waals surface area contributed by atoms with E-state index < -0.39 is 27.5 Å². The number of esters is 2. The van der Waals surface area contributed by atoms with Gasteiger partial charge in [-0.15, -0.1) is 0 Å². The number of sulfone groups is 1. The zero-order valence-electron chi connectivity index (χ0n) is 7.72. The molecule has 0 unspecified atom stereocenters. The van der Waals surface area contributed by atoms with Crippen LogP contribution in [0.3, 0.4) is 0 Å². The molecule has 0 N–H and O–H groups in total. The Morgan fingerprint density at radius 2 is 1.79 bits per heavy atom. The average Bonchev–Trinajstić information content (AvgIpc) is 2.13. The van der Waals surface area contributed by atoms with Gasteiger partial charge in [0.2, 0.25) is 0 Å². The van der Waals surface area contributed by atoms with E-state index in [1.165, 1.54) is 0 Å². The van der Waals surface area contributed by atoms with Gasteiger partial charge in [0.1, 0.15) is 0 Å². The summed E-state index contributed by atoms with van der Waals surface area (Å²) >= 11 is 0. The summed E-state index contributed by atoms with van der Waals surface area (Å²) in [6.45, 7) is 0. The number of methoxy groups -OCH3 is 2. The van der Waals surface area contributed by atoms with Crippen LogP contribution in [0, 0.1) is 0 Å². The highest BCUT2D eigenvalue weighted by molar-refractivity contribution is 7.94. The first kappa shape index (κ1) is 12.6. The van der Waals surface area contributed by atoms with Crippen LogP contribution < -0.4 is 0 Å². The molecule has 0 fully saturated rings. The molecule has 0 saturated heterocycles. The topological polar surface area (TPSA) is 86.7 Å². The van der Waals surface area contributed by atoms with Crippen LogP contribution >= 0.6 is 0 Å². The molecule has 0 atom stereocenters. The summed E-state index contributed by atoms with van der Waals surface area (Å²) < 4.78 is 30.4. The lowest BCUT2D eigenvalue weighted by Crippen LogP contribution is -2.15. The number of carbonyl (C=O) groups is 2. The van der Waals surface area contributed by atoms with Crippen LogP contribution in [-0.4, -0.2) is 40.3 Å². The largest absolute Gasteiger partial charge is 0.468 e. The highest BCUT2D eigenvalue weighted by atomic mass is 32.2. The van der Waals surface area contributed by atoms with E-state index in [0.29, 0.717) is 5.41 Å². The van der Waals surface area contributed by atoms with Gasteiger partial charge in [0, 0.05) is 11.5 Å². The summed E-state index contributed by atoms with van der Waals surface area (Å²) in [5, 5.41) is 0.607. The molecule has 0 radical (unpaired) electrons. The zero-order chi connectivity index (χ0) is 11.2. The number of hydrogen-bond acceptors (Lipinski definition) is 6. The van der Waals surface area contributed by atoms with Crippen molar-refractivity contribution in [1.29, 1.82) is 0 Å². The molecule has 0 rings (SSSR count). The van der Waals surface area contributed by atoms with Gasteiger partial charge in [-0.05, 0) is 0 Å². The van der Waals surface area contributed by atoms with E-state index in [2.05, 4.69) is 9.47 Å². The lowest BCUT2D eigenvalue weighted by atomic mass is 10.7. The molecule has 0 aromatic carbocycles. The van der Waals surface area contributed by atoms with E-state index in [4.69, 9.17) is 0 Å². The molecule has 0 bridgehead atoms. The SMILES string of the molecule is COC(=O)/C=C/S(=O)(=O)CC(=O)OC. The van der Waals surface area contributed by atoms with Crippen LogP contribution in [0.5, 0.6) is 0 Å². The maximum absolute atomic E-state index is 11.0. The first-order valence-electron chi connectivity index (χ1n) is 3.47. The molecular weight excluding hydrogens is 212 g/mol. The third-order valence-corrected chi connectivity index (χ3v) is 2.35. The van der Waals surface area contributed by atoms with Crippen LogP contribution in [0.4, 0.5) is 0 Å². The third kappa shape index (κ3) is 5.31. The average molecular weight is 222 g/mol. The Morgan fingerprint density at radius 3 is 2.21 bits per heavy atom. The van der Waals surface area contributed by atoms with Crippen molar-refractivity contribution in [2.24, 2.45) is 0 Å². The number of rotatable bonds is 4. The van der Waals surface area contributed by atoms with Crippen molar-refractivity contribution < 1.29 is 27.5 Å².